The summed E-state index contributed by atoms with van der Waals surface area (Å²) in [6, 6.07) is 7.53. The lowest BCUT2D eigenvalue weighted by atomic mass is 10.1. The van der Waals surface area contributed by atoms with Gasteiger partial charge in [-0.1, -0.05) is 12.1 Å². The van der Waals surface area contributed by atoms with Crippen molar-refractivity contribution >= 4 is 12.4 Å². The van der Waals surface area contributed by atoms with Crippen molar-refractivity contribution in [2.75, 3.05) is 0 Å². The zero-order valence-electron chi connectivity index (χ0n) is 9.91. The highest BCUT2D eigenvalue weighted by atomic mass is 35.5. The Morgan fingerprint density at radius 2 is 2.11 bits per heavy atom. The molecule has 96 valence electrons. The van der Waals surface area contributed by atoms with Gasteiger partial charge in [0.25, 0.3) is 0 Å². The van der Waals surface area contributed by atoms with E-state index in [2.05, 4.69) is 9.55 Å². The standard InChI is InChI=1S/C13H15N3O.ClH/c14-9-5-6-16-10(7-9)8-15-13(16)11-3-1-2-4-12(11)17;/h1-4,8-9,17H,5-7,14H2;1H. The molecule has 2 heterocycles. The molecule has 1 aromatic heterocycles. The molecule has 0 spiro atoms. The van der Waals surface area contributed by atoms with E-state index in [1.54, 1.807) is 6.07 Å². The maximum absolute atomic E-state index is 9.86. The van der Waals surface area contributed by atoms with Crippen LogP contribution in [0.5, 0.6) is 5.75 Å². The van der Waals surface area contributed by atoms with Gasteiger partial charge in [0.2, 0.25) is 0 Å². The number of aromatic nitrogens is 2. The van der Waals surface area contributed by atoms with Gasteiger partial charge in [-0.25, -0.2) is 4.98 Å². The van der Waals surface area contributed by atoms with Crippen molar-refractivity contribution in [2.24, 2.45) is 5.73 Å². The lowest BCUT2D eigenvalue weighted by Gasteiger charge is -2.21. The molecule has 1 unspecified atom stereocenters. The second kappa shape index (κ2) is 5.00. The van der Waals surface area contributed by atoms with Crippen LogP contribution in [0.2, 0.25) is 0 Å². The zero-order valence-corrected chi connectivity index (χ0v) is 10.7. The molecule has 2 aromatic rings. The number of imidazole rings is 1. The Hall–Kier alpha value is -1.52. The highest BCUT2D eigenvalue weighted by Crippen LogP contribution is 2.30. The van der Waals surface area contributed by atoms with E-state index in [4.69, 9.17) is 5.73 Å². The molecule has 1 aliphatic heterocycles. The van der Waals surface area contributed by atoms with Gasteiger partial charge in [-0.15, -0.1) is 12.4 Å². The molecule has 5 heteroatoms. The number of para-hydroxylation sites is 1. The first kappa shape index (κ1) is 12.9. The van der Waals surface area contributed by atoms with Gasteiger partial charge < -0.3 is 15.4 Å². The van der Waals surface area contributed by atoms with E-state index < -0.39 is 0 Å². The lowest BCUT2D eigenvalue weighted by Crippen LogP contribution is -2.30. The largest absolute Gasteiger partial charge is 0.507 e. The number of phenols is 1. The fraction of sp³-hybridized carbons (Fsp3) is 0.308. The first-order valence-corrected chi connectivity index (χ1v) is 5.84. The average molecular weight is 266 g/mol. The van der Waals surface area contributed by atoms with Crippen molar-refractivity contribution in [1.29, 1.82) is 0 Å². The summed E-state index contributed by atoms with van der Waals surface area (Å²) in [6.07, 6.45) is 3.69. The van der Waals surface area contributed by atoms with Crippen LogP contribution in [-0.4, -0.2) is 20.7 Å². The third-order valence-electron chi connectivity index (χ3n) is 3.28. The minimum Gasteiger partial charge on any atom is -0.507 e. The Bertz CT molecular complexity index is 553. The summed E-state index contributed by atoms with van der Waals surface area (Å²) >= 11 is 0. The summed E-state index contributed by atoms with van der Waals surface area (Å²) < 4.78 is 2.15. The average Bonchev–Trinajstić information content (AvgIpc) is 2.72. The maximum atomic E-state index is 9.86. The number of halogens is 1. The second-order valence-electron chi connectivity index (χ2n) is 4.49. The van der Waals surface area contributed by atoms with Crippen LogP contribution in [0.25, 0.3) is 11.4 Å². The Morgan fingerprint density at radius 3 is 2.89 bits per heavy atom. The summed E-state index contributed by atoms with van der Waals surface area (Å²) in [6.45, 7) is 0.875. The van der Waals surface area contributed by atoms with Gasteiger partial charge in [0.05, 0.1) is 5.56 Å². The van der Waals surface area contributed by atoms with Crippen LogP contribution in [0.1, 0.15) is 12.1 Å². The van der Waals surface area contributed by atoms with Crippen molar-refractivity contribution in [3.8, 4) is 17.1 Å². The molecule has 0 amide bonds. The fourth-order valence-corrected chi connectivity index (χ4v) is 2.37. The number of nitrogens with two attached hydrogens (primary N) is 1. The highest BCUT2D eigenvalue weighted by molar-refractivity contribution is 5.85. The van der Waals surface area contributed by atoms with Crippen LogP contribution in [0.3, 0.4) is 0 Å². The lowest BCUT2D eigenvalue weighted by molar-refractivity contribution is 0.466. The van der Waals surface area contributed by atoms with E-state index in [0.29, 0.717) is 0 Å². The van der Waals surface area contributed by atoms with Crippen LogP contribution in [0, 0.1) is 0 Å². The molecule has 0 fully saturated rings. The molecule has 3 rings (SSSR count). The summed E-state index contributed by atoms with van der Waals surface area (Å²) in [7, 11) is 0. The van der Waals surface area contributed by atoms with E-state index in [0.717, 1.165) is 36.5 Å². The summed E-state index contributed by atoms with van der Waals surface area (Å²) in [5.41, 5.74) is 7.88. The molecular weight excluding hydrogens is 250 g/mol. The van der Waals surface area contributed by atoms with Gasteiger partial charge in [-0.05, 0) is 18.6 Å². The van der Waals surface area contributed by atoms with Crippen molar-refractivity contribution in [3.05, 3.63) is 36.2 Å². The van der Waals surface area contributed by atoms with E-state index in [9.17, 15) is 5.11 Å². The van der Waals surface area contributed by atoms with Gasteiger partial charge in [0.15, 0.2) is 0 Å². The normalized spacial score (nSPS) is 17.9. The van der Waals surface area contributed by atoms with Crippen molar-refractivity contribution < 1.29 is 5.11 Å². The maximum Gasteiger partial charge on any atom is 0.143 e. The topological polar surface area (TPSA) is 64.1 Å². The minimum absolute atomic E-state index is 0. The van der Waals surface area contributed by atoms with Crippen molar-refractivity contribution in [3.63, 3.8) is 0 Å². The van der Waals surface area contributed by atoms with Gasteiger partial charge in [-0.3, -0.25) is 0 Å². The fourth-order valence-electron chi connectivity index (χ4n) is 2.37. The number of nitrogens with zero attached hydrogens (tertiary/aromatic N) is 2. The molecule has 3 N–H and O–H groups in total. The van der Waals surface area contributed by atoms with Crippen LogP contribution < -0.4 is 5.73 Å². The second-order valence-corrected chi connectivity index (χ2v) is 4.49. The number of fused-ring (bicyclic) bond motifs is 1. The van der Waals surface area contributed by atoms with Crippen LogP contribution >= 0.6 is 12.4 Å². The van der Waals surface area contributed by atoms with E-state index in [1.165, 1.54) is 0 Å². The number of hydrogen-bond donors (Lipinski definition) is 2. The summed E-state index contributed by atoms with van der Waals surface area (Å²) in [5.74, 6) is 1.11. The Morgan fingerprint density at radius 1 is 1.33 bits per heavy atom. The molecule has 0 radical (unpaired) electrons. The predicted molar refractivity (Wildman–Crippen MR) is 72.9 cm³/mol. The number of benzene rings is 1. The first-order valence-electron chi connectivity index (χ1n) is 5.84. The number of phenolic OH excluding ortho intramolecular Hbond substituents is 1. The van der Waals surface area contributed by atoms with Crippen LogP contribution in [-0.2, 0) is 13.0 Å². The SMILES string of the molecule is Cl.NC1CCn2c(cnc2-c2ccccc2O)C1. The molecule has 18 heavy (non-hydrogen) atoms. The molecule has 0 aliphatic carbocycles. The Kier molecular flexibility index (Phi) is 3.59. The van der Waals surface area contributed by atoms with Crippen LogP contribution in [0.15, 0.2) is 30.5 Å². The molecule has 0 saturated carbocycles. The Balaban J connectivity index is 0.00000120. The molecule has 1 aromatic carbocycles. The highest BCUT2D eigenvalue weighted by Gasteiger charge is 2.20. The first-order chi connectivity index (χ1) is 8.25. The quantitative estimate of drug-likeness (QED) is 0.828. The predicted octanol–water partition coefficient (Wildman–Crippen LogP) is 1.95. The van der Waals surface area contributed by atoms with Gasteiger partial charge in [-0.2, -0.15) is 0 Å². The number of hydrogen-bond acceptors (Lipinski definition) is 3. The van der Waals surface area contributed by atoms with Crippen molar-refractivity contribution in [2.45, 2.75) is 25.4 Å². The smallest absolute Gasteiger partial charge is 0.143 e. The molecule has 1 aliphatic rings. The van der Waals surface area contributed by atoms with Gasteiger partial charge >= 0.3 is 0 Å². The number of aromatic hydroxyl groups is 1. The third-order valence-corrected chi connectivity index (χ3v) is 3.28. The van der Waals surface area contributed by atoms with E-state index >= 15 is 0 Å². The third kappa shape index (κ3) is 2.09. The van der Waals surface area contributed by atoms with E-state index in [-0.39, 0.29) is 24.2 Å². The Labute approximate surface area is 112 Å². The summed E-state index contributed by atoms with van der Waals surface area (Å²) in [4.78, 5) is 4.41. The molecular formula is C13H16ClN3O. The molecule has 1 atom stereocenters. The molecule has 0 saturated heterocycles. The van der Waals surface area contributed by atoms with Gasteiger partial charge in [0.1, 0.15) is 11.6 Å². The molecule has 4 nitrogen and oxygen atoms in total. The van der Waals surface area contributed by atoms with E-state index in [1.807, 2.05) is 24.4 Å². The number of rotatable bonds is 1. The minimum atomic E-state index is 0. The monoisotopic (exact) mass is 265 g/mol. The zero-order chi connectivity index (χ0) is 11.8. The summed E-state index contributed by atoms with van der Waals surface area (Å²) in [5, 5.41) is 9.86. The van der Waals surface area contributed by atoms with Crippen LogP contribution in [0.4, 0.5) is 0 Å². The molecule has 0 bridgehead atoms. The van der Waals surface area contributed by atoms with Crippen molar-refractivity contribution in [1.82, 2.24) is 9.55 Å². The van der Waals surface area contributed by atoms with Gasteiger partial charge in [0, 0.05) is 30.9 Å².